The first kappa shape index (κ1) is 25.1. The molecule has 1 saturated heterocycles. The third-order valence-electron chi connectivity index (χ3n) is 7.31. The van der Waals surface area contributed by atoms with Crippen LogP contribution in [0, 0.1) is 13.8 Å². The van der Waals surface area contributed by atoms with E-state index in [1.807, 2.05) is 4.68 Å². The Morgan fingerprint density at radius 3 is 2.19 bits per heavy atom. The maximum Gasteiger partial charge on any atom is 0.173 e. The summed E-state index contributed by atoms with van der Waals surface area (Å²) in [6.45, 7) is 9.30. The molecule has 2 heterocycles. The molecular weight excluding hydrogens is 456 g/mol. The van der Waals surface area contributed by atoms with Crippen LogP contribution in [-0.2, 0) is 6.42 Å². The van der Waals surface area contributed by atoms with Gasteiger partial charge in [-0.2, -0.15) is 4.68 Å². The number of para-hydroxylation sites is 1. The quantitative estimate of drug-likeness (QED) is 0.318. The standard InChI is InChI=1S/C31H36N6/c1-25-11-9-12-26(2)30(25)37-31(32-33-34-37)29(19-18-28-15-7-4-8-16-28)36-23-21-35(22-24-36)20-10-17-27-13-5-3-6-14-27/h3-17,29H,18-24H2,1-2H3/b17-10+. The fourth-order valence-electron chi connectivity index (χ4n) is 5.28. The average Bonchev–Trinajstić information content (AvgIpc) is 3.40. The van der Waals surface area contributed by atoms with E-state index in [0.717, 1.165) is 57.1 Å². The third kappa shape index (κ3) is 6.21. The van der Waals surface area contributed by atoms with Crippen LogP contribution in [0.3, 0.4) is 0 Å². The number of piperazine rings is 1. The molecule has 1 aliphatic rings. The summed E-state index contributed by atoms with van der Waals surface area (Å²) in [5, 5.41) is 13.2. The maximum atomic E-state index is 4.60. The molecular formula is C31H36N6. The number of hydrogen-bond donors (Lipinski definition) is 0. The number of benzene rings is 3. The van der Waals surface area contributed by atoms with Gasteiger partial charge in [-0.05, 0) is 59.4 Å². The van der Waals surface area contributed by atoms with E-state index in [4.69, 9.17) is 0 Å². The van der Waals surface area contributed by atoms with E-state index in [0.29, 0.717) is 0 Å². The van der Waals surface area contributed by atoms with Crippen LogP contribution < -0.4 is 0 Å². The molecule has 0 N–H and O–H groups in total. The summed E-state index contributed by atoms with van der Waals surface area (Å²) in [6.07, 6.45) is 6.46. The van der Waals surface area contributed by atoms with Crippen molar-refractivity contribution in [2.75, 3.05) is 32.7 Å². The van der Waals surface area contributed by atoms with Crippen LogP contribution in [0.25, 0.3) is 11.8 Å². The Morgan fingerprint density at radius 1 is 0.811 bits per heavy atom. The van der Waals surface area contributed by atoms with E-state index >= 15 is 0 Å². The highest BCUT2D eigenvalue weighted by Crippen LogP contribution is 2.29. The number of nitrogens with zero attached hydrogens (tertiary/aromatic N) is 6. The minimum Gasteiger partial charge on any atom is -0.297 e. The molecule has 190 valence electrons. The normalized spacial score (nSPS) is 15.8. The Bertz CT molecular complexity index is 1270. The molecule has 4 aromatic rings. The third-order valence-corrected chi connectivity index (χ3v) is 7.31. The zero-order valence-electron chi connectivity index (χ0n) is 21.9. The summed E-state index contributed by atoms with van der Waals surface area (Å²) in [5.41, 5.74) is 6.07. The largest absolute Gasteiger partial charge is 0.297 e. The number of hydrogen-bond acceptors (Lipinski definition) is 5. The molecule has 0 amide bonds. The van der Waals surface area contributed by atoms with Gasteiger partial charge in [0.2, 0.25) is 0 Å². The van der Waals surface area contributed by atoms with Crippen LogP contribution in [0.5, 0.6) is 0 Å². The molecule has 0 saturated carbocycles. The fourth-order valence-corrected chi connectivity index (χ4v) is 5.28. The molecule has 0 spiro atoms. The van der Waals surface area contributed by atoms with Gasteiger partial charge in [0.05, 0.1) is 11.7 Å². The van der Waals surface area contributed by atoms with Gasteiger partial charge in [-0.3, -0.25) is 9.80 Å². The van der Waals surface area contributed by atoms with Gasteiger partial charge in [-0.15, -0.1) is 5.10 Å². The summed E-state index contributed by atoms with van der Waals surface area (Å²) < 4.78 is 1.98. The predicted molar refractivity (Wildman–Crippen MR) is 150 cm³/mol. The van der Waals surface area contributed by atoms with Crippen LogP contribution in [0.2, 0.25) is 0 Å². The molecule has 5 rings (SSSR count). The van der Waals surface area contributed by atoms with Crippen LogP contribution >= 0.6 is 0 Å². The van der Waals surface area contributed by atoms with Crippen LogP contribution in [0.15, 0.2) is 84.9 Å². The highest BCUT2D eigenvalue weighted by atomic mass is 15.6. The number of rotatable bonds is 9. The van der Waals surface area contributed by atoms with E-state index in [1.165, 1.54) is 22.3 Å². The van der Waals surface area contributed by atoms with E-state index < -0.39 is 0 Å². The second-order valence-corrected chi connectivity index (χ2v) is 9.88. The first-order chi connectivity index (χ1) is 18.2. The van der Waals surface area contributed by atoms with Crippen LogP contribution in [-0.4, -0.2) is 62.7 Å². The molecule has 0 aliphatic carbocycles. The molecule has 0 bridgehead atoms. The smallest absolute Gasteiger partial charge is 0.173 e. The van der Waals surface area contributed by atoms with Gasteiger partial charge in [0.15, 0.2) is 5.82 Å². The van der Waals surface area contributed by atoms with Gasteiger partial charge in [-0.1, -0.05) is 91.0 Å². The van der Waals surface area contributed by atoms with Gasteiger partial charge < -0.3 is 0 Å². The summed E-state index contributed by atoms with van der Waals surface area (Å²) >= 11 is 0. The van der Waals surface area contributed by atoms with Crippen molar-refractivity contribution in [2.24, 2.45) is 0 Å². The molecule has 1 aromatic heterocycles. The summed E-state index contributed by atoms with van der Waals surface area (Å²) in [5.74, 6) is 0.936. The molecule has 0 radical (unpaired) electrons. The SMILES string of the molecule is Cc1cccc(C)c1-n1nnnc1C(CCc1ccccc1)N1CCN(C/C=C/c2ccccc2)CC1. The first-order valence-electron chi connectivity index (χ1n) is 13.3. The molecule has 1 unspecified atom stereocenters. The number of tetrazole rings is 1. The molecule has 1 aliphatic heterocycles. The summed E-state index contributed by atoms with van der Waals surface area (Å²) in [7, 11) is 0. The molecule has 6 heteroatoms. The van der Waals surface area contributed by atoms with Gasteiger partial charge in [0.25, 0.3) is 0 Å². The van der Waals surface area contributed by atoms with Gasteiger partial charge in [-0.25, -0.2) is 0 Å². The van der Waals surface area contributed by atoms with E-state index in [2.05, 4.69) is 130 Å². The second-order valence-electron chi connectivity index (χ2n) is 9.88. The predicted octanol–water partition coefficient (Wildman–Crippen LogP) is 5.28. The molecule has 37 heavy (non-hydrogen) atoms. The van der Waals surface area contributed by atoms with Crippen LogP contribution in [0.4, 0.5) is 0 Å². The summed E-state index contributed by atoms with van der Waals surface area (Å²) in [4.78, 5) is 5.11. The highest BCUT2D eigenvalue weighted by Gasteiger charge is 2.29. The Kier molecular flexibility index (Phi) is 8.18. The maximum absolute atomic E-state index is 4.60. The molecule has 1 fully saturated rings. The molecule has 6 nitrogen and oxygen atoms in total. The summed E-state index contributed by atoms with van der Waals surface area (Å²) in [6, 6.07) is 27.8. The van der Waals surface area contributed by atoms with Gasteiger partial charge >= 0.3 is 0 Å². The van der Waals surface area contributed by atoms with E-state index in [9.17, 15) is 0 Å². The zero-order valence-corrected chi connectivity index (χ0v) is 21.9. The monoisotopic (exact) mass is 492 g/mol. The molecule has 1 atom stereocenters. The van der Waals surface area contributed by atoms with Crippen molar-refractivity contribution < 1.29 is 0 Å². The number of aryl methyl sites for hydroxylation is 3. The van der Waals surface area contributed by atoms with E-state index in [1.54, 1.807) is 0 Å². The van der Waals surface area contributed by atoms with Crippen molar-refractivity contribution in [3.05, 3.63) is 113 Å². The minimum absolute atomic E-state index is 0.149. The van der Waals surface area contributed by atoms with Crippen molar-refractivity contribution in [3.63, 3.8) is 0 Å². The van der Waals surface area contributed by atoms with Crippen molar-refractivity contribution in [1.82, 2.24) is 30.0 Å². The van der Waals surface area contributed by atoms with Gasteiger partial charge in [0.1, 0.15) is 0 Å². The zero-order chi connectivity index (χ0) is 25.5. The first-order valence-corrected chi connectivity index (χ1v) is 13.3. The Labute approximate surface area is 220 Å². The minimum atomic E-state index is 0.149. The lowest BCUT2D eigenvalue weighted by atomic mass is 10.0. The van der Waals surface area contributed by atoms with Crippen molar-refractivity contribution in [2.45, 2.75) is 32.7 Å². The Balaban J connectivity index is 1.33. The Morgan fingerprint density at radius 2 is 1.49 bits per heavy atom. The highest BCUT2D eigenvalue weighted by molar-refractivity contribution is 5.49. The van der Waals surface area contributed by atoms with Gasteiger partial charge in [0, 0.05) is 32.7 Å². The van der Waals surface area contributed by atoms with Crippen molar-refractivity contribution >= 4 is 6.08 Å². The number of aromatic nitrogens is 4. The average molecular weight is 493 g/mol. The Hall–Kier alpha value is -3.61. The van der Waals surface area contributed by atoms with E-state index in [-0.39, 0.29) is 6.04 Å². The molecule has 3 aromatic carbocycles. The van der Waals surface area contributed by atoms with Crippen molar-refractivity contribution in [1.29, 1.82) is 0 Å². The van der Waals surface area contributed by atoms with Crippen molar-refractivity contribution in [3.8, 4) is 5.69 Å². The lowest BCUT2D eigenvalue weighted by Gasteiger charge is -2.38. The lowest BCUT2D eigenvalue weighted by molar-refractivity contribution is 0.0938. The second kappa shape index (κ2) is 12.1. The lowest BCUT2D eigenvalue weighted by Crippen LogP contribution is -2.48. The van der Waals surface area contributed by atoms with Crippen LogP contribution in [0.1, 0.15) is 40.5 Å². The fraction of sp³-hybridized carbons (Fsp3) is 0.323. The topological polar surface area (TPSA) is 50.1 Å².